The van der Waals surface area contributed by atoms with Crippen LogP contribution in [0.15, 0.2) is 47.1 Å². The topological polar surface area (TPSA) is 57.0 Å². The average Bonchev–Trinajstić information content (AvgIpc) is 2.97. The number of nitrogen functional groups attached to an aromatic ring is 1. The van der Waals surface area contributed by atoms with Gasteiger partial charge in [-0.15, -0.1) is 0 Å². The van der Waals surface area contributed by atoms with Crippen LogP contribution in [0.4, 0.5) is 5.82 Å². The van der Waals surface area contributed by atoms with Gasteiger partial charge in [0.05, 0.1) is 18.5 Å². The summed E-state index contributed by atoms with van der Waals surface area (Å²) in [7, 11) is 0. The van der Waals surface area contributed by atoms with E-state index in [4.69, 9.17) is 10.2 Å². The molecule has 20 heavy (non-hydrogen) atoms. The molecule has 4 nitrogen and oxygen atoms in total. The highest BCUT2D eigenvalue weighted by Crippen LogP contribution is 2.25. The number of aromatic nitrogens is 2. The Kier molecular flexibility index (Phi) is 3.06. The van der Waals surface area contributed by atoms with Gasteiger partial charge in [0.15, 0.2) is 0 Å². The first-order valence-electron chi connectivity index (χ1n) is 6.57. The van der Waals surface area contributed by atoms with Gasteiger partial charge in [-0.2, -0.15) is 5.10 Å². The van der Waals surface area contributed by atoms with Crippen molar-refractivity contribution < 1.29 is 4.42 Å². The second kappa shape index (κ2) is 4.89. The molecule has 3 rings (SSSR count). The van der Waals surface area contributed by atoms with E-state index in [9.17, 15) is 0 Å². The molecule has 1 aromatic carbocycles. The van der Waals surface area contributed by atoms with Gasteiger partial charge >= 0.3 is 0 Å². The number of hydrogen-bond acceptors (Lipinski definition) is 3. The lowest BCUT2D eigenvalue weighted by molar-refractivity contribution is 0.535. The minimum Gasteiger partial charge on any atom is -0.469 e. The molecule has 0 fully saturated rings. The summed E-state index contributed by atoms with van der Waals surface area (Å²) in [6, 6.07) is 12.1. The molecule has 4 heteroatoms. The molecule has 0 radical (unpaired) electrons. The number of aryl methyl sites for hydroxylation is 2. The molecule has 2 heterocycles. The van der Waals surface area contributed by atoms with E-state index in [-0.39, 0.29) is 0 Å². The average molecular weight is 267 g/mol. The van der Waals surface area contributed by atoms with Crippen LogP contribution in [0.2, 0.25) is 0 Å². The second-order valence-corrected chi connectivity index (χ2v) is 4.99. The molecule has 3 aromatic rings. The normalized spacial score (nSPS) is 10.9. The summed E-state index contributed by atoms with van der Waals surface area (Å²) in [5.41, 5.74) is 10.3. The molecule has 0 amide bonds. The molecule has 0 atom stereocenters. The number of furan rings is 1. The lowest BCUT2D eigenvalue weighted by Gasteiger charge is -2.05. The number of nitrogens with zero attached hydrogens (tertiary/aromatic N) is 2. The smallest absolute Gasteiger partial charge is 0.122 e. The van der Waals surface area contributed by atoms with Gasteiger partial charge in [-0.25, -0.2) is 4.68 Å². The van der Waals surface area contributed by atoms with Gasteiger partial charge in [0.2, 0.25) is 0 Å². The van der Waals surface area contributed by atoms with Crippen molar-refractivity contribution in [2.75, 3.05) is 5.73 Å². The van der Waals surface area contributed by atoms with Crippen LogP contribution in [0, 0.1) is 13.8 Å². The molecule has 0 aliphatic carbocycles. The third kappa shape index (κ3) is 2.32. The second-order valence-electron chi connectivity index (χ2n) is 4.99. The Morgan fingerprint density at radius 1 is 1.20 bits per heavy atom. The quantitative estimate of drug-likeness (QED) is 0.791. The third-order valence-electron chi connectivity index (χ3n) is 3.36. The van der Waals surface area contributed by atoms with Gasteiger partial charge in [0.25, 0.3) is 0 Å². The van der Waals surface area contributed by atoms with Crippen LogP contribution >= 0.6 is 0 Å². The summed E-state index contributed by atoms with van der Waals surface area (Å²) in [6.07, 6.45) is 1.67. The van der Waals surface area contributed by atoms with E-state index in [1.165, 1.54) is 11.1 Å². The van der Waals surface area contributed by atoms with E-state index in [0.29, 0.717) is 12.4 Å². The van der Waals surface area contributed by atoms with Crippen molar-refractivity contribution in [3.63, 3.8) is 0 Å². The molecule has 0 saturated heterocycles. The van der Waals surface area contributed by atoms with Crippen LogP contribution in [0.5, 0.6) is 0 Å². The molecule has 0 spiro atoms. The van der Waals surface area contributed by atoms with Gasteiger partial charge in [-0.05, 0) is 25.5 Å². The van der Waals surface area contributed by atoms with E-state index in [0.717, 1.165) is 17.0 Å². The maximum atomic E-state index is 6.05. The van der Waals surface area contributed by atoms with Crippen molar-refractivity contribution in [2.45, 2.75) is 20.4 Å². The minimum atomic E-state index is 0.655. The predicted molar refractivity (Wildman–Crippen MR) is 79.4 cm³/mol. The van der Waals surface area contributed by atoms with Crippen LogP contribution in [-0.4, -0.2) is 9.78 Å². The molecule has 0 saturated carbocycles. The summed E-state index contributed by atoms with van der Waals surface area (Å²) in [5, 5.41) is 4.57. The molecule has 0 unspecified atom stereocenters. The first-order valence-corrected chi connectivity index (χ1v) is 6.57. The molecular weight excluding hydrogens is 250 g/mol. The van der Waals surface area contributed by atoms with Crippen LogP contribution in [0.3, 0.4) is 0 Å². The maximum Gasteiger partial charge on any atom is 0.122 e. The summed E-state index contributed by atoms with van der Waals surface area (Å²) in [6.45, 7) is 4.67. The van der Waals surface area contributed by atoms with E-state index < -0.39 is 0 Å². The lowest BCUT2D eigenvalue weighted by atomic mass is 10.1. The van der Waals surface area contributed by atoms with Gasteiger partial charge in [-0.1, -0.05) is 29.8 Å². The van der Waals surface area contributed by atoms with Gasteiger partial charge in [0, 0.05) is 11.6 Å². The number of benzene rings is 1. The van der Waals surface area contributed by atoms with Crippen molar-refractivity contribution in [1.82, 2.24) is 9.78 Å². The monoisotopic (exact) mass is 267 g/mol. The molecule has 102 valence electrons. The minimum absolute atomic E-state index is 0.655. The van der Waals surface area contributed by atoms with Gasteiger partial charge in [0.1, 0.15) is 11.6 Å². The lowest BCUT2D eigenvalue weighted by Crippen LogP contribution is -2.05. The summed E-state index contributed by atoms with van der Waals surface area (Å²) >= 11 is 0. The maximum absolute atomic E-state index is 6.05. The summed E-state index contributed by atoms with van der Waals surface area (Å²) in [4.78, 5) is 0. The van der Waals surface area contributed by atoms with E-state index in [1.54, 1.807) is 6.26 Å². The van der Waals surface area contributed by atoms with Crippen molar-refractivity contribution in [2.24, 2.45) is 0 Å². The SMILES string of the molecule is Cc1cccc(Cn2nc(-c3ccoc3C)cc2N)c1. The highest BCUT2D eigenvalue weighted by Gasteiger charge is 2.11. The fourth-order valence-corrected chi connectivity index (χ4v) is 2.32. The third-order valence-corrected chi connectivity index (χ3v) is 3.36. The molecule has 0 aliphatic rings. The molecular formula is C16H17N3O. The van der Waals surface area contributed by atoms with Gasteiger partial charge in [-0.3, -0.25) is 0 Å². The Balaban J connectivity index is 1.92. The van der Waals surface area contributed by atoms with Crippen molar-refractivity contribution in [3.8, 4) is 11.3 Å². The highest BCUT2D eigenvalue weighted by atomic mass is 16.3. The fourth-order valence-electron chi connectivity index (χ4n) is 2.32. The molecule has 2 N–H and O–H groups in total. The largest absolute Gasteiger partial charge is 0.469 e. The zero-order valence-electron chi connectivity index (χ0n) is 11.6. The van der Waals surface area contributed by atoms with E-state index in [2.05, 4.69) is 30.2 Å². The highest BCUT2D eigenvalue weighted by molar-refractivity contribution is 5.63. The Morgan fingerprint density at radius 2 is 2.05 bits per heavy atom. The summed E-state index contributed by atoms with van der Waals surface area (Å²) < 4.78 is 7.13. The number of rotatable bonds is 3. The van der Waals surface area contributed by atoms with Gasteiger partial charge < -0.3 is 10.2 Å². The number of hydrogen-bond donors (Lipinski definition) is 1. The van der Waals surface area contributed by atoms with Crippen LogP contribution < -0.4 is 5.73 Å². The Morgan fingerprint density at radius 3 is 2.75 bits per heavy atom. The van der Waals surface area contributed by atoms with Crippen molar-refractivity contribution in [1.29, 1.82) is 0 Å². The van der Waals surface area contributed by atoms with Crippen LogP contribution in [0.1, 0.15) is 16.9 Å². The molecule has 0 bridgehead atoms. The predicted octanol–water partition coefficient (Wildman–Crippen LogP) is 3.39. The van der Waals surface area contributed by atoms with E-state index >= 15 is 0 Å². The Hall–Kier alpha value is -2.49. The van der Waals surface area contributed by atoms with Crippen LogP contribution in [-0.2, 0) is 6.54 Å². The standard InChI is InChI=1S/C16H17N3O/c1-11-4-3-5-13(8-11)10-19-16(17)9-15(18-19)14-6-7-20-12(14)2/h3-9H,10,17H2,1-2H3. The first kappa shape index (κ1) is 12.5. The first-order chi connectivity index (χ1) is 9.63. The zero-order chi connectivity index (χ0) is 14.1. The Labute approximate surface area is 117 Å². The molecule has 2 aromatic heterocycles. The number of nitrogens with two attached hydrogens (primary N) is 1. The zero-order valence-corrected chi connectivity index (χ0v) is 11.6. The molecule has 0 aliphatic heterocycles. The summed E-state index contributed by atoms with van der Waals surface area (Å²) in [5.74, 6) is 1.51. The van der Waals surface area contributed by atoms with Crippen LogP contribution in [0.25, 0.3) is 11.3 Å². The Bertz CT molecular complexity index is 740. The number of anilines is 1. The fraction of sp³-hybridized carbons (Fsp3) is 0.188. The van der Waals surface area contributed by atoms with Crippen molar-refractivity contribution >= 4 is 5.82 Å². The van der Waals surface area contributed by atoms with E-state index in [1.807, 2.05) is 29.8 Å². The van der Waals surface area contributed by atoms with Crippen molar-refractivity contribution in [3.05, 3.63) is 59.5 Å².